The summed E-state index contributed by atoms with van der Waals surface area (Å²) in [6.45, 7) is 0.325. The van der Waals surface area contributed by atoms with Crippen LogP contribution >= 0.6 is 15.9 Å². The number of rotatable bonds is 6. The van der Waals surface area contributed by atoms with Gasteiger partial charge in [0.2, 0.25) is 10.0 Å². The van der Waals surface area contributed by atoms with Crippen molar-refractivity contribution >= 4 is 31.9 Å². The molecule has 26 heavy (non-hydrogen) atoms. The van der Waals surface area contributed by atoms with Crippen LogP contribution < -0.4 is 39.4 Å². The molecule has 0 bridgehead atoms. The largest absolute Gasteiger partial charge is 1.00 e. The Balaban J connectivity index is 0.00000243. The molecule has 132 valence electrons. The van der Waals surface area contributed by atoms with Crippen molar-refractivity contribution in [2.45, 2.75) is 30.1 Å². The van der Waals surface area contributed by atoms with E-state index >= 15 is 0 Å². The van der Waals surface area contributed by atoms with E-state index in [-0.39, 0.29) is 46.8 Å². The Hall–Kier alpha value is -0.700. The van der Waals surface area contributed by atoms with Gasteiger partial charge in [-0.15, -0.1) is 0 Å². The van der Waals surface area contributed by atoms with Gasteiger partial charge in [0.1, 0.15) is 0 Å². The molecule has 0 spiro atoms. The second kappa shape index (κ2) is 8.99. The van der Waals surface area contributed by atoms with Crippen molar-refractivity contribution in [2.24, 2.45) is 0 Å². The van der Waals surface area contributed by atoms with Gasteiger partial charge < -0.3 is 9.90 Å². The first-order chi connectivity index (χ1) is 11.8. The van der Waals surface area contributed by atoms with E-state index in [0.717, 1.165) is 34.0 Å². The van der Waals surface area contributed by atoms with Gasteiger partial charge in [0, 0.05) is 23.4 Å². The van der Waals surface area contributed by atoms with Gasteiger partial charge in [0.25, 0.3) is 0 Å². The fraction of sp³-hybridized carbons (Fsp3) is 0.278. The Morgan fingerprint density at radius 2 is 1.88 bits per heavy atom. The van der Waals surface area contributed by atoms with E-state index in [1.807, 2.05) is 12.1 Å². The van der Waals surface area contributed by atoms with Crippen LogP contribution in [0.3, 0.4) is 0 Å². The number of benzene rings is 2. The number of aliphatic carboxylic acids is 1. The predicted molar refractivity (Wildman–Crippen MR) is 95.5 cm³/mol. The maximum absolute atomic E-state index is 12.4. The molecule has 1 unspecified atom stereocenters. The second-order valence-corrected chi connectivity index (χ2v) is 8.81. The summed E-state index contributed by atoms with van der Waals surface area (Å²) in [6.07, 6.45) is 1.56. The average molecular weight is 446 g/mol. The van der Waals surface area contributed by atoms with E-state index in [1.54, 1.807) is 30.3 Å². The van der Waals surface area contributed by atoms with Gasteiger partial charge in [-0.05, 0) is 59.7 Å². The number of carbonyl (C=O) groups is 1. The van der Waals surface area contributed by atoms with Gasteiger partial charge in [-0.1, -0.05) is 34.1 Å². The number of nitrogens with one attached hydrogen (secondary N) is 1. The Morgan fingerprint density at radius 3 is 2.54 bits per heavy atom. The Kier molecular flexibility index (Phi) is 7.47. The van der Waals surface area contributed by atoms with E-state index in [0.29, 0.717) is 6.54 Å². The SMILES string of the molecule is O=C([O-])Cc1ccc2c(c1)CCC2CNS(=O)(=O)c1ccc(Br)cc1.[Na+]. The Labute approximate surface area is 183 Å². The minimum atomic E-state index is -3.55. The molecule has 8 heteroatoms. The molecule has 1 atom stereocenters. The zero-order valence-electron chi connectivity index (χ0n) is 14.4. The first-order valence-electron chi connectivity index (χ1n) is 7.92. The molecule has 0 heterocycles. The Bertz CT molecular complexity index is 900. The van der Waals surface area contributed by atoms with Crippen LogP contribution in [0.1, 0.15) is 29.0 Å². The minimum Gasteiger partial charge on any atom is -0.550 e. The monoisotopic (exact) mass is 445 g/mol. The quantitative estimate of drug-likeness (QED) is 0.563. The molecular formula is C18H17BrNNaO4S. The van der Waals surface area contributed by atoms with Crippen molar-refractivity contribution in [3.05, 3.63) is 63.6 Å². The third kappa shape index (κ3) is 5.18. The fourth-order valence-corrected chi connectivity index (χ4v) is 4.50. The number of carboxylic acids is 1. The molecule has 0 aliphatic heterocycles. The summed E-state index contributed by atoms with van der Waals surface area (Å²) in [5.41, 5.74) is 2.89. The van der Waals surface area contributed by atoms with Crippen LogP contribution in [-0.4, -0.2) is 20.9 Å². The van der Waals surface area contributed by atoms with Gasteiger partial charge in [-0.3, -0.25) is 0 Å². The molecule has 0 saturated carbocycles. The average Bonchev–Trinajstić information content (AvgIpc) is 2.95. The summed E-state index contributed by atoms with van der Waals surface area (Å²) < 4.78 is 28.3. The van der Waals surface area contributed by atoms with Gasteiger partial charge in [-0.2, -0.15) is 0 Å². The van der Waals surface area contributed by atoms with Crippen molar-refractivity contribution in [3.8, 4) is 0 Å². The van der Waals surface area contributed by atoms with Crippen molar-refractivity contribution in [2.75, 3.05) is 6.54 Å². The summed E-state index contributed by atoms with van der Waals surface area (Å²) in [6, 6.07) is 12.1. The van der Waals surface area contributed by atoms with Crippen molar-refractivity contribution < 1.29 is 47.9 Å². The number of fused-ring (bicyclic) bond motifs is 1. The number of hydrogen-bond acceptors (Lipinski definition) is 4. The molecule has 1 N–H and O–H groups in total. The van der Waals surface area contributed by atoms with Crippen LogP contribution in [0.25, 0.3) is 0 Å². The van der Waals surface area contributed by atoms with Crippen LogP contribution in [0.5, 0.6) is 0 Å². The molecule has 2 aromatic carbocycles. The number of halogens is 1. The van der Waals surface area contributed by atoms with Gasteiger partial charge >= 0.3 is 29.6 Å². The molecule has 0 radical (unpaired) electrons. The summed E-state index contributed by atoms with van der Waals surface area (Å²) in [7, 11) is -3.55. The van der Waals surface area contributed by atoms with Crippen molar-refractivity contribution in [3.63, 3.8) is 0 Å². The fourth-order valence-electron chi connectivity index (χ4n) is 3.16. The maximum Gasteiger partial charge on any atom is 1.00 e. The van der Waals surface area contributed by atoms with Crippen molar-refractivity contribution in [1.29, 1.82) is 0 Å². The Morgan fingerprint density at radius 1 is 1.19 bits per heavy atom. The topological polar surface area (TPSA) is 86.3 Å². The zero-order valence-corrected chi connectivity index (χ0v) is 18.8. The molecule has 1 aliphatic rings. The first kappa shape index (κ1) is 21.6. The van der Waals surface area contributed by atoms with Gasteiger partial charge in [0.05, 0.1) is 4.90 Å². The molecule has 5 nitrogen and oxygen atoms in total. The standard InChI is InChI=1S/C18H18BrNO4S.Na/c19-15-4-6-16(7-5-15)25(23,24)20-11-14-3-2-13-9-12(10-18(21)22)1-8-17(13)14;/h1,4-9,14,20H,2-3,10-11H2,(H,21,22);/q;+1/p-1. The third-order valence-corrected chi connectivity index (χ3v) is 6.37. The summed E-state index contributed by atoms with van der Waals surface area (Å²) in [5, 5.41) is 10.7. The molecule has 0 saturated heterocycles. The molecule has 0 fully saturated rings. The van der Waals surface area contributed by atoms with E-state index in [9.17, 15) is 18.3 Å². The number of hydrogen-bond donors (Lipinski definition) is 1. The number of sulfonamides is 1. The summed E-state index contributed by atoms with van der Waals surface area (Å²) in [5.74, 6) is -1.01. The van der Waals surface area contributed by atoms with E-state index in [2.05, 4.69) is 20.7 Å². The smallest absolute Gasteiger partial charge is 0.550 e. The number of carbonyl (C=O) groups excluding carboxylic acids is 1. The van der Waals surface area contributed by atoms with Crippen LogP contribution in [0, 0.1) is 0 Å². The van der Waals surface area contributed by atoms with Crippen LogP contribution in [-0.2, 0) is 27.7 Å². The van der Waals surface area contributed by atoms with Crippen molar-refractivity contribution in [1.82, 2.24) is 4.72 Å². The molecule has 0 amide bonds. The van der Waals surface area contributed by atoms with E-state index in [1.165, 1.54) is 0 Å². The normalized spacial score (nSPS) is 16.0. The minimum absolute atomic E-state index is 0. The van der Waals surface area contributed by atoms with Gasteiger partial charge in [-0.25, -0.2) is 13.1 Å². The van der Waals surface area contributed by atoms with Crippen LogP contribution in [0.2, 0.25) is 0 Å². The molecule has 1 aliphatic carbocycles. The van der Waals surface area contributed by atoms with Gasteiger partial charge in [0.15, 0.2) is 0 Å². The molecule has 2 aromatic rings. The van der Waals surface area contributed by atoms with Crippen LogP contribution in [0.4, 0.5) is 0 Å². The van der Waals surface area contributed by atoms with Crippen LogP contribution in [0.15, 0.2) is 51.8 Å². The molecular weight excluding hydrogens is 429 g/mol. The zero-order chi connectivity index (χ0) is 18.0. The summed E-state index contributed by atoms with van der Waals surface area (Å²) in [4.78, 5) is 10.9. The first-order valence-corrected chi connectivity index (χ1v) is 10.2. The third-order valence-electron chi connectivity index (χ3n) is 4.40. The number of carboxylic acid groups (broad SMARTS) is 1. The van der Waals surface area contributed by atoms with E-state index in [4.69, 9.17) is 0 Å². The maximum atomic E-state index is 12.4. The second-order valence-electron chi connectivity index (χ2n) is 6.12. The number of aryl methyl sites for hydroxylation is 1. The molecule has 0 aromatic heterocycles. The van der Waals surface area contributed by atoms with E-state index < -0.39 is 16.0 Å². The molecule has 3 rings (SSSR count). The summed E-state index contributed by atoms with van der Waals surface area (Å²) >= 11 is 3.29. The predicted octanol–water partition coefficient (Wildman–Crippen LogP) is -1.25.